The summed E-state index contributed by atoms with van der Waals surface area (Å²) < 4.78 is 9.89. The normalized spacial score (nSPS) is 12.3. The van der Waals surface area contributed by atoms with Crippen molar-refractivity contribution in [1.29, 1.82) is 0 Å². The van der Waals surface area contributed by atoms with Crippen molar-refractivity contribution in [2.24, 2.45) is 0 Å². The zero-order chi connectivity index (χ0) is 78.1. The number of benzene rings is 22. The summed E-state index contributed by atoms with van der Waals surface area (Å²) in [5.41, 5.74) is 29.9. The van der Waals surface area contributed by atoms with E-state index in [9.17, 15) is 0 Å². The van der Waals surface area contributed by atoms with Gasteiger partial charge in [0.15, 0.2) is 0 Å². The van der Waals surface area contributed by atoms with Crippen LogP contribution in [0.1, 0.15) is 0 Å². The van der Waals surface area contributed by atoms with Gasteiger partial charge in [0.25, 0.3) is 0 Å². The molecule has 0 bridgehead atoms. The summed E-state index contributed by atoms with van der Waals surface area (Å²) in [6.45, 7) is 0. The maximum absolute atomic E-state index is 2.48. The van der Waals surface area contributed by atoms with Gasteiger partial charge in [0.05, 0.1) is 61.2 Å². The molecule has 22 aromatic carbocycles. The van der Waals surface area contributed by atoms with Gasteiger partial charge in [0.1, 0.15) is 0 Å². The van der Waals surface area contributed by atoms with Gasteiger partial charge < -0.3 is 18.3 Å². The monoisotopic (exact) mass is 1520 g/mol. The molecule has 0 saturated heterocycles. The molecule has 0 unspecified atom stereocenters. The Morgan fingerprint density at radius 1 is 0.125 bits per heavy atom. The zero-order valence-corrected chi connectivity index (χ0v) is 65.0. The molecule has 0 N–H and O–H groups in total. The number of para-hydroxylation sites is 4. The molecule has 4 nitrogen and oxygen atoms in total. The standard InChI is InChI=1S/2C58H34N2/c1-2-14-40-38(12-1)39-13-3-6-17-43(39)50-34-37(26-27-44(40)50)59-53-22-9-7-18-45(53)51-32-35(24-29-56(51)59)36-25-30-57-52(33-36)46-19-8-10-23-54(46)60(57)55-31-28-48-42-16-5-4-15-41(42)47-20-11-21-49(55)58(47)48;1-2-13-39-35(12-1)24-25-38-34-56(42-16-5-6-19-46(42)57(38)39)60-52-23-10-8-18-44(52)50-33-37(27-30-55(50)60)36-26-29-54-49(32-36)43-17-7-9-22-51(43)59(54)53-31-28-47-41-15-4-3-14-40(41)45-20-11-21-48(53)58(45)47/h2*1-34H. The van der Waals surface area contributed by atoms with Gasteiger partial charge in [-0.25, -0.2) is 0 Å². The van der Waals surface area contributed by atoms with Gasteiger partial charge >= 0.3 is 0 Å². The number of hydrogen-bond acceptors (Lipinski definition) is 0. The fourth-order valence-corrected chi connectivity index (χ4v) is 21.7. The van der Waals surface area contributed by atoms with Crippen molar-refractivity contribution >= 4 is 173 Å². The average molecular weight is 1520 g/mol. The maximum atomic E-state index is 2.48. The van der Waals surface area contributed by atoms with Gasteiger partial charge in [-0.3, -0.25) is 0 Å². The lowest BCUT2D eigenvalue weighted by molar-refractivity contribution is 1.19. The van der Waals surface area contributed by atoms with Crippen LogP contribution in [0.2, 0.25) is 0 Å². The van der Waals surface area contributed by atoms with Crippen molar-refractivity contribution in [3.8, 4) is 89.5 Å². The number of hydrogen-bond donors (Lipinski definition) is 0. The first-order valence-electron chi connectivity index (χ1n) is 41.7. The van der Waals surface area contributed by atoms with Crippen LogP contribution in [0.25, 0.3) is 263 Å². The third-order valence-electron chi connectivity index (χ3n) is 26.8. The largest absolute Gasteiger partial charge is 0.309 e. The van der Waals surface area contributed by atoms with Gasteiger partial charge in [0, 0.05) is 64.9 Å². The van der Waals surface area contributed by atoms with Crippen molar-refractivity contribution in [2.75, 3.05) is 0 Å². The molecule has 0 saturated carbocycles. The summed E-state index contributed by atoms with van der Waals surface area (Å²) in [4.78, 5) is 0. The minimum absolute atomic E-state index is 1.17. The predicted molar refractivity (Wildman–Crippen MR) is 510 cm³/mol. The Bertz CT molecular complexity index is 8960. The Morgan fingerprint density at radius 2 is 0.433 bits per heavy atom. The molecule has 0 amide bonds. The lowest BCUT2D eigenvalue weighted by Crippen LogP contribution is -1.96. The van der Waals surface area contributed by atoms with Crippen LogP contribution < -0.4 is 0 Å². The molecule has 0 fully saturated rings. The molecule has 2 aliphatic rings. The van der Waals surface area contributed by atoms with E-state index in [1.165, 1.54) is 263 Å². The van der Waals surface area contributed by atoms with Crippen molar-refractivity contribution < 1.29 is 0 Å². The number of fused-ring (bicyclic) bond motifs is 29. The molecule has 120 heavy (non-hydrogen) atoms. The Labute approximate surface area is 689 Å². The van der Waals surface area contributed by atoms with E-state index in [0.29, 0.717) is 0 Å². The van der Waals surface area contributed by atoms with E-state index >= 15 is 0 Å². The van der Waals surface area contributed by atoms with E-state index < -0.39 is 0 Å². The molecular formula is C116H68N4. The maximum Gasteiger partial charge on any atom is 0.0546 e. The van der Waals surface area contributed by atoms with Gasteiger partial charge in [-0.2, -0.15) is 0 Å². The van der Waals surface area contributed by atoms with Crippen LogP contribution in [-0.4, -0.2) is 18.3 Å². The van der Waals surface area contributed by atoms with Crippen LogP contribution in [0, 0.1) is 0 Å². The second-order valence-electron chi connectivity index (χ2n) is 32.8. The van der Waals surface area contributed by atoms with Gasteiger partial charge in [-0.15, -0.1) is 0 Å². The highest BCUT2D eigenvalue weighted by molar-refractivity contribution is 6.28. The van der Waals surface area contributed by atoms with E-state index in [0.717, 1.165) is 0 Å². The van der Waals surface area contributed by atoms with Crippen LogP contribution >= 0.6 is 0 Å². The highest BCUT2D eigenvalue weighted by Gasteiger charge is 2.28. The Hall–Kier alpha value is -15.9. The third kappa shape index (κ3) is 9.13. The molecule has 0 spiro atoms. The quantitative estimate of drug-likeness (QED) is 0.148. The summed E-state index contributed by atoms with van der Waals surface area (Å²) in [7, 11) is 0. The molecule has 0 atom stereocenters. The predicted octanol–water partition coefficient (Wildman–Crippen LogP) is 31.6. The summed E-state index contributed by atoms with van der Waals surface area (Å²) in [5, 5.41) is 30.7. The van der Waals surface area contributed by atoms with Crippen LogP contribution in [0.15, 0.2) is 413 Å². The summed E-state index contributed by atoms with van der Waals surface area (Å²) >= 11 is 0. The average Bonchev–Trinajstić information content (AvgIpc) is 1.45. The molecule has 26 aromatic rings. The lowest BCUT2D eigenvalue weighted by atomic mass is 9.94. The Kier molecular flexibility index (Phi) is 13.5. The second kappa shape index (κ2) is 24.8. The summed E-state index contributed by atoms with van der Waals surface area (Å²) in [6.07, 6.45) is 0. The SMILES string of the molecule is c1ccc2c(c1)-c1cccc3c(-n4c5ccccc5c5cc(-c6ccc7c(c6)c6ccccc6n7-c6cc7ccc8ccccc8c7c7ccccc67)ccc54)ccc-2c13.c1ccc2c(c1)-c1cccc3c(-n4c5ccccc5c5cc(-c6ccc7c(c6)c6ccccc6n7-c6ccc7c8ccccc8c8ccccc8c7c6)ccc54)ccc-2c13. The van der Waals surface area contributed by atoms with Crippen molar-refractivity contribution in [2.45, 2.75) is 0 Å². The Balaban J connectivity index is 0.000000127. The highest BCUT2D eigenvalue weighted by atomic mass is 15.0. The lowest BCUT2D eigenvalue weighted by Gasteiger charge is -2.16. The van der Waals surface area contributed by atoms with Crippen molar-refractivity contribution in [1.82, 2.24) is 18.3 Å². The first-order valence-corrected chi connectivity index (χ1v) is 41.7. The first kappa shape index (κ1) is 65.4. The molecule has 4 aromatic heterocycles. The van der Waals surface area contributed by atoms with E-state index in [2.05, 4.69) is 431 Å². The van der Waals surface area contributed by atoms with Crippen LogP contribution in [-0.2, 0) is 0 Å². The summed E-state index contributed by atoms with van der Waals surface area (Å²) in [6, 6.07) is 154. The van der Waals surface area contributed by atoms with Crippen molar-refractivity contribution in [3.63, 3.8) is 0 Å². The van der Waals surface area contributed by atoms with Gasteiger partial charge in [-0.05, 0) is 240 Å². The number of rotatable bonds is 6. The zero-order valence-electron chi connectivity index (χ0n) is 65.0. The van der Waals surface area contributed by atoms with Crippen molar-refractivity contribution in [3.05, 3.63) is 413 Å². The van der Waals surface area contributed by atoms with Crippen LogP contribution in [0.3, 0.4) is 0 Å². The molecule has 0 aliphatic heterocycles. The third-order valence-corrected chi connectivity index (χ3v) is 26.8. The second-order valence-corrected chi connectivity index (χ2v) is 32.8. The fourth-order valence-electron chi connectivity index (χ4n) is 21.7. The van der Waals surface area contributed by atoms with Crippen LogP contribution in [0.5, 0.6) is 0 Å². The highest BCUT2D eigenvalue weighted by Crippen LogP contribution is 2.53. The molecule has 0 radical (unpaired) electrons. The molecule has 4 heteroatoms. The Morgan fingerprint density at radius 3 is 0.883 bits per heavy atom. The van der Waals surface area contributed by atoms with E-state index in [1.807, 2.05) is 0 Å². The number of aromatic nitrogens is 4. The topological polar surface area (TPSA) is 19.7 Å². The number of nitrogens with zero attached hydrogens (tertiary/aromatic N) is 4. The minimum atomic E-state index is 1.17. The minimum Gasteiger partial charge on any atom is -0.309 e. The van der Waals surface area contributed by atoms with Gasteiger partial charge in [-0.1, -0.05) is 309 Å². The van der Waals surface area contributed by atoms with Gasteiger partial charge in [0.2, 0.25) is 0 Å². The van der Waals surface area contributed by atoms with E-state index in [1.54, 1.807) is 0 Å². The smallest absolute Gasteiger partial charge is 0.0546 e. The molecule has 4 heterocycles. The molecule has 28 rings (SSSR count). The molecule has 2 aliphatic carbocycles. The molecular weight excluding hydrogens is 1450 g/mol. The van der Waals surface area contributed by atoms with Crippen LogP contribution in [0.4, 0.5) is 0 Å². The van der Waals surface area contributed by atoms with E-state index in [4.69, 9.17) is 0 Å². The van der Waals surface area contributed by atoms with E-state index in [-0.39, 0.29) is 0 Å². The fraction of sp³-hybridized carbons (Fsp3) is 0. The summed E-state index contributed by atoms with van der Waals surface area (Å²) in [5.74, 6) is 0. The molecule has 552 valence electrons. The first-order chi connectivity index (χ1) is 59.6.